The maximum atomic E-state index is 15.9. The molecule has 1 saturated heterocycles. The maximum absolute atomic E-state index is 15.9. The standard InChI is InChI=1S/C27H32FN5O3/c1-15-8-18(20-6-7-30-25-23(20)19(10-29)11-31-25)9-21(28)24(15)27(36)16(2)12-33(13-17(27)3)26(35)22(14-34)32(4)5/h6-9,11,16-17,22,34,36H,12-14H2,1-5H3,(H,30,31)/t16-,17+,22-,27?/m0/s1. The molecule has 36 heavy (non-hydrogen) atoms. The number of rotatable bonds is 5. The second-order valence-electron chi connectivity index (χ2n) is 10.1. The lowest BCUT2D eigenvalue weighted by Gasteiger charge is -2.49. The second-order valence-corrected chi connectivity index (χ2v) is 10.1. The van der Waals surface area contributed by atoms with Gasteiger partial charge in [0.25, 0.3) is 0 Å². The predicted octanol–water partition coefficient (Wildman–Crippen LogP) is 2.77. The second kappa shape index (κ2) is 9.62. The molecule has 1 fully saturated rings. The van der Waals surface area contributed by atoms with Gasteiger partial charge in [0.2, 0.25) is 5.91 Å². The molecule has 2 aromatic heterocycles. The van der Waals surface area contributed by atoms with Crippen molar-refractivity contribution in [1.82, 2.24) is 19.8 Å². The van der Waals surface area contributed by atoms with E-state index >= 15 is 4.39 Å². The summed E-state index contributed by atoms with van der Waals surface area (Å²) >= 11 is 0. The summed E-state index contributed by atoms with van der Waals surface area (Å²) in [6.07, 6.45) is 3.19. The zero-order valence-electron chi connectivity index (χ0n) is 21.2. The summed E-state index contributed by atoms with van der Waals surface area (Å²) in [6, 6.07) is 6.44. The number of aliphatic hydroxyl groups excluding tert-OH is 1. The van der Waals surface area contributed by atoms with Crippen molar-refractivity contribution in [2.45, 2.75) is 32.4 Å². The lowest BCUT2D eigenvalue weighted by atomic mass is 9.69. The van der Waals surface area contributed by atoms with E-state index in [2.05, 4.69) is 16.0 Å². The van der Waals surface area contributed by atoms with E-state index in [0.29, 0.717) is 33.3 Å². The number of H-pyrrole nitrogens is 1. The number of halogens is 1. The van der Waals surface area contributed by atoms with E-state index in [-0.39, 0.29) is 31.2 Å². The van der Waals surface area contributed by atoms with Gasteiger partial charge in [-0.25, -0.2) is 9.37 Å². The van der Waals surface area contributed by atoms with Gasteiger partial charge in [-0.3, -0.25) is 9.69 Å². The molecular weight excluding hydrogens is 461 g/mol. The highest BCUT2D eigenvalue weighted by Crippen LogP contribution is 2.45. The van der Waals surface area contributed by atoms with Crippen molar-refractivity contribution in [2.75, 3.05) is 33.8 Å². The molecule has 0 aliphatic carbocycles. The molecule has 190 valence electrons. The fourth-order valence-electron chi connectivity index (χ4n) is 5.64. The lowest BCUT2D eigenvalue weighted by Crippen LogP contribution is -2.59. The molecule has 4 rings (SSSR count). The largest absolute Gasteiger partial charge is 0.394 e. The van der Waals surface area contributed by atoms with Gasteiger partial charge in [-0.15, -0.1) is 0 Å². The molecule has 0 radical (unpaired) electrons. The Balaban J connectivity index is 1.72. The van der Waals surface area contributed by atoms with E-state index in [9.17, 15) is 20.3 Å². The number of amides is 1. The summed E-state index contributed by atoms with van der Waals surface area (Å²) < 4.78 is 15.9. The Bertz CT molecular complexity index is 1310. The van der Waals surface area contributed by atoms with Gasteiger partial charge in [0.1, 0.15) is 29.2 Å². The van der Waals surface area contributed by atoms with Crippen molar-refractivity contribution in [3.8, 4) is 17.2 Å². The summed E-state index contributed by atoms with van der Waals surface area (Å²) in [7, 11) is 3.46. The number of hydrogen-bond donors (Lipinski definition) is 3. The molecule has 9 heteroatoms. The van der Waals surface area contributed by atoms with Crippen molar-refractivity contribution in [3.05, 3.63) is 53.1 Å². The van der Waals surface area contributed by atoms with Crippen LogP contribution in [0.4, 0.5) is 4.39 Å². The molecule has 0 bridgehead atoms. The Morgan fingerprint density at radius 2 is 2.03 bits per heavy atom. The molecule has 1 aromatic carbocycles. The number of piperidine rings is 1. The number of nitriles is 1. The maximum Gasteiger partial charge on any atom is 0.242 e. The number of hydrogen-bond acceptors (Lipinski definition) is 6. The Morgan fingerprint density at radius 1 is 1.36 bits per heavy atom. The van der Waals surface area contributed by atoms with Gasteiger partial charge in [0.15, 0.2) is 0 Å². The van der Waals surface area contributed by atoms with Crippen molar-refractivity contribution >= 4 is 16.9 Å². The molecule has 4 atom stereocenters. The first-order valence-corrected chi connectivity index (χ1v) is 12.0. The van der Waals surface area contributed by atoms with Gasteiger partial charge in [-0.1, -0.05) is 19.9 Å². The van der Waals surface area contributed by atoms with Crippen molar-refractivity contribution < 1.29 is 19.4 Å². The van der Waals surface area contributed by atoms with Crippen molar-refractivity contribution in [1.29, 1.82) is 5.26 Å². The number of carbonyl (C=O) groups is 1. The van der Waals surface area contributed by atoms with Gasteiger partial charge >= 0.3 is 0 Å². The summed E-state index contributed by atoms with van der Waals surface area (Å²) in [5.74, 6) is -1.65. The minimum atomic E-state index is -1.49. The summed E-state index contributed by atoms with van der Waals surface area (Å²) in [5, 5.41) is 31.7. The molecule has 1 unspecified atom stereocenters. The van der Waals surface area contributed by atoms with Crippen LogP contribution >= 0.6 is 0 Å². The number of likely N-dealkylation sites (N-methyl/N-ethyl adjacent to an activating group) is 1. The molecule has 0 saturated carbocycles. The van der Waals surface area contributed by atoms with Crippen LogP contribution in [0.25, 0.3) is 22.2 Å². The first-order chi connectivity index (χ1) is 17.0. The van der Waals surface area contributed by atoms with Crippen LogP contribution in [0, 0.1) is 35.9 Å². The number of aromatic amines is 1. The SMILES string of the molecule is Cc1cc(-c2ccnc3[nH]cc(C#N)c23)cc(F)c1C1(O)[C@H](C)CN(C(=O)[C@H](CO)N(C)C)C[C@@H]1C. The molecule has 3 heterocycles. The minimum Gasteiger partial charge on any atom is -0.394 e. The number of nitrogens with one attached hydrogen (secondary N) is 1. The average molecular weight is 494 g/mol. The number of pyridine rings is 1. The van der Waals surface area contributed by atoms with Crippen LogP contribution in [-0.2, 0) is 10.4 Å². The third-order valence-corrected chi connectivity index (χ3v) is 7.58. The first kappa shape index (κ1) is 25.8. The van der Waals surface area contributed by atoms with Crippen LogP contribution in [0.3, 0.4) is 0 Å². The van der Waals surface area contributed by atoms with Gasteiger partial charge in [-0.2, -0.15) is 5.26 Å². The fourth-order valence-corrected chi connectivity index (χ4v) is 5.64. The van der Waals surface area contributed by atoms with Crippen LogP contribution in [0.1, 0.15) is 30.5 Å². The van der Waals surface area contributed by atoms with Crippen LogP contribution in [-0.4, -0.2) is 75.7 Å². The number of benzene rings is 1. The van der Waals surface area contributed by atoms with Gasteiger partial charge in [-0.05, 0) is 49.8 Å². The summed E-state index contributed by atoms with van der Waals surface area (Å²) in [4.78, 5) is 23.6. The Labute approximate surface area is 210 Å². The van der Waals surface area contributed by atoms with E-state index in [4.69, 9.17) is 0 Å². The highest BCUT2D eigenvalue weighted by molar-refractivity contribution is 5.97. The monoisotopic (exact) mass is 493 g/mol. The van der Waals surface area contributed by atoms with E-state index in [1.165, 1.54) is 6.07 Å². The predicted molar refractivity (Wildman–Crippen MR) is 134 cm³/mol. The van der Waals surface area contributed by atoms with Crippen LogP contribution < -0.4 is 0 Å². The molecular formula is C27H32FN5O3. The Hall–Kier alpha value is -3.32. The summed E-state index contributed by atoms with van der Waals surface area (Å²) in [5.41, 5.74) is 1.56. The van der Waals surface area contributed by atoms with Gasteiger partial charge < -0.3 is 20.1 Å². The third kappa shape index (κ3) is 4.05. The topological polar surface area (TPSA) is 116 Å². The molecule has 0 spiro atoms. The smallest absolute Gasteiger partial charge is 0.242 e. The number of carbonyl (C=O) groups excluding carboxylic acids is 1. The Morgan fingerprint density at radius 3 is 2.58 bits per heavy atom. The molecule has 1 aliphatic heterocycles. The third-order valence-electron chi connectivity index (χ3n) is 7.58. The number of likely N-dealkylation sites (tertiary alicyclic amines) is 1. The number of fused-ring (bicyclic) bond motifs is 1. The summed E-state index contributed by atoms with van der Waals surface area (Å²) in [6.45, 7) is 5.58. The zero-order chi connectivity index (χ0) is 26.4. The quantitative estimate of drug-likeness (QED) is 0.503. The first-order valence-electron chi connectivity index (χ1n) is 12.0. The highest BCUT2D eigenvalue weighted by atomic mass is 19.1. The highest BCUT2D eigenvalue weighted by Gasteiger charge is 2.49. The van der Waals surface area contributed by atoms with Crippen molar-refractivity contribution in [3.63, 3.8) is 0 Å². The van der Waals surface area contributed by atoms with Crippen LogP contribution in [0.2, 0.25) is 0 Å². The number of aromatic nitrogens is 2. The normalized spacial score (nSPS) is 23.2. The fraction of sp³-hybridized carbons (Fsp3) is 0.444. The minimum absolute atomic E-state index is 0.211. The van der Waals surface area contributed by atoms with Gasteiger partial charge in [0, 0.05) is 48.3 Å². The molecule has 1 aliphatic rings. The van der Waals surface area contributed by atoms with Gasteiger partial charge in [0.05, 0.1) is 12.2 Å². The molecule has 3 aromatic rings. The van der Waals surface area contributed by atoms with E-state index in [1.54, 1.807) is 49.3 Å². The Kier molecular flexibility index (Phi) is 6.88. The number of aliphatic hydroxyl groups is 2. The lowest BCUT2D eigenvalue weighted by molar-refractivity contribution is -0.154. The van der Waals surface area contributed by atoms with Crippen LogP contribution in [0.15, 0.2) is 30.6 Å². The van der Waals surface area contributed by atoms with E-state index in [0.717, 1.165) is 0 Å². The molecule has 3 N–H and O–H groups in total. The van der Waals surface area contributed by atoms with Crippen molar-refractivity contribution in [2.24, 2.45) is 11.8 Å². The van der Waals surface area contributed by atoms with E-state index in [1.807, 2.05) is 19.9 Å². The average Bonchev–Trinajstić information content (AvgIpc) is 3.25. The molecule has 8 nitrogen and oxygen atoms in total. The zero-order valence-corrected chi connectivity index (χ0v) is 21.2. The molecule has 1 amide bonds. The van der Waals surface area contributed by atoms with E-state index < -0.39 is 29.3 Å². The number of nitrogens with zero attached hydrogens (tertiary/aromatic N) is 4. The van der Waals surface area contributed by atoms with Crippen LogP contribution in [0.5, 0.6) is 0 Å². The number of aryl methyl sites for hydroxylation is 1.